The third-order valence-corrected chi connectivity index (χ3v) is 5.01. The van der Waals surface area contributed by atoms with Gasteiger partial charge in [0.1, 0.15) is 5.75 Å². The third kappa shape index (κ3) is 4.88. The quantitative estimate of drug-likeness (QED) is 0.729. The van der Waals surface area contributed by atoms with E-state index in [2.05, 4.69) is 10.6 Å². The molecule has 0 atom stereocenters. The lowest BCUT2D eigenvalue weighted by Crippen LogP contribution is -2.29. The van der Waals surface area contributed by atoms with E-state index in [1.807, 2.05) is 0 Å². The molecule has 1 aliphatic rings. The first-order chi connectivity index (χ1) is 13.5. The Labute approximate surface area is 173 Å². The van der Waals surface area contributed by atoms with Gasteiger partial charge < -0.3 is 20.3 Å². The maximum atomic E-state index is 12.8. The smallest absolute Gasteiger partial charge is 0.256 e. The molecule has 0 aliphatic carbocycles. The van der Waals surface area contributed by atoms with Crippen LogP contribution in [0.25, 0.3) is 0 Å². The van der Waals surface area contributed by atoms with Gasteiger partial charge in [0.2, 0.25) is 5.91 Å². The van der Waals surface area contributed by atoms with Crippen LogP contribution in [0.1, 0.15) is 23.2 Å². The topological polar surface area (TPSA) is 70.7 Å². The molecule has 3 rings (SSSR count). The number of nitrogens with zero attached hydrogens (tertiary/aromatic N) is 1. The zero-order valence-electron chi connectivity index (χ0n) is 15.4. The summed E-state index contributed by atoms with van der Waals surface area (Å²) in [5, 5.41) is 6.67. The minimum atomic E-state index is -0.268. The highest BCUT2D eigenvalue weighted by atomic mass is 35.5. The molecule has 0 bridgehead atoms. The summed E-state index contributed by atoms with van der Waals surface area (Å²) in [5.74, 6) is 0.185. The van der Waals surface area contributed by atoms with Gasteiger partial charge in [-0.15, -0.1) is 0 Å². The van der Waals surface area contributed by atoms with Gasteiger partial charge in [0, 0.05) is 29.5 Å². The fourth-order valence-electron chi connectivity index (χ4n) is 3.06. The molecule has 2 amide bonds. The van der Waals surface area contributed by atoms with Gasteiger partial charge >= 0.3 is 0 Å². The van der Waals surface area contributed by atoms with Gasteiger partial charge in [-0.1, -0.05) is 23.2 Å². The Morgan fingerprint density at radius 3 is 2.54 bits per heavy atom. The van der Waals surface area contributed by atoms with Gasteiger partial charge in [0.25, 0.3) is 5.91 Å². The minimum absolute atomic E-state index is 0.00837. The van der Waals surface area contributed by atoms with Gasteiger partial charge in [0.15, 0.2) is 0 Å². The van der Waals surface area contributed by atoms with Crippen LogP contribution in [0, 0.1) is 0 Å². The third-order valence-electron chi connectivity index (χ3n) is 4.48. The van der Waals surface area contributed by atoms with Gasteiger partial charge in [-0.25, -0.2) is 0 Å². The fourth-order valence-corrected chi connectivity index (χ4v) is 3.49. The normalized spacial score (nSPS) is 13.3. The van der Waals surface area contributed by atoms with E-state index >= 15 is 0 Å². The second kappa shape index (κ2) is 9.17. The average Bonchev–Trinajstić information content (AvgIpc) is 3.21. The van der Waals surface area contributed by atoms with Crippen molar-refractivity contribution in [1.82, 2.24) is 4.90 Å². The van der Waals surface area contributed by atoms with Crippen LogP contribution < -0.4 is 15.4 Å². The highest BCUT2D eigenvalue weighted by Crippen LogP contribution is 2.27. The largest absolute Gasteiger partial charge is 0.495 e. The van der Waals surface area contributed by atoms with E-state index < -0.39 is 0 Å². The molecule has 2 N–H and O–H groups in total. The average molecular weight is 422 g/mol. The van der Waals surface area contributed by atoms with Gasteiger partial charge in [0.05, 0.1) is 24.2 Å². The number of hydrogen-bond acceptors (Lipinski definition) is 4. The van der Waals surface area contributed by atoms with Crippen molar-refractivity contribution in [2.45, 2.75) is 12.8 Å². The zero-order valence-corrected chi connectivity index (χ0v) is 16.9. The lowest BCUT2D eigenvalue weighted by Gasteiger charge is -2.18. The van der Waals surface area contributed by atoms with Crippen LogP contribution in [0.15, 0.2) is 36.4 Å². The van der Waals surface area contributed by atoms with Crippen molar-refractivity contribution < 1.29 is 14.3 Å². The first kappa shape index (κ1) is 20.3. The van der Waals surface area contributed by atoms with Crippen molar-refractivity contribution in [3.63, 3.8) is 0 Å². The molecule has 0 aromatic heterocycles. The SMILES string of the molecule is COc1ccc(NC(=O)CNc2ccc(Cl)cc2C(=O)N2CCCC2)cc1Cl. The number of methoxy groups -OCH3 is 1. The van der Waals surface area contributed by atoms with Crippen molar-refractivity contribution in [1.29, 1.82) is 0 Å². The minimum Gasteiger partial charge on any atom is -0.495 e. The Kier molecular flexibility index (Phi) is 6.65. The molecule has 6 nitrogen and oxygen atoms in total. The highest BCUT2D eigenvalue weighted by molar-refractivity contribution is 6.32. The van der Waals surface area contributed by atoms with E-state index in [4.69, 9.17) is 27.9 Å². The predicted octanol–water partition coefficient (Wildman–Crippen LogP) is 4.29. The summed E-state index contributed by atoms with van der Waals surface area (Å²) in [7, 11) is 1.52. The van der Waals surface area contributed by atoms with E-state index in [0.717, 1.165) is 25.9 Å². The van der Waals surface area contributed by atoms with Gasteiger partial charge in [-0.2, -0.15) is 0 Å². The van der Waals surface area contributed by atoms with Crippen LogP contribution in [-0.2, 0) is 4.79 Å². The Balaban J connectivity index is 1.66. The molecule has 28 heavy (non-hydrogen) atoms. The number of benzene rings is 2. The summed E-state index contributed by atoms with van der Waals surface area (Å²) < 4.78 is 5.09. The number of carbonyl (C=O) groups is 2. The highest BCUT2D eigenvalue weighted by Gasteiger charge is 2.22. The summed E-state index contributed by atoms with van der Waals surface area (Å²) in [5.41, 5.74) is 1.60. The summed E-state index contributed by atoms with van der Waals surface area (Å²) >= 11 is 12.1. The molecular formula is C20H21Cl2N3O3. The van der Waals surface area contributed by atoms with Crippen LogP contribution >= 0.6 is 23.2 Å². The molecule has 1 aliphatic heterocycles. The van der Waals surface area contributed by atoms with Gasteiger partial charge in [-0.05, 0) is 49.2 Å². The van der Waals surface area contributed by atoms with Crippen molar-refractivity contribution in [3.05, 3.63) is 52.0 Å². The monoisotopic (exact) mass is 421 g/mol. The maximum Gasteiger partial charge on any atom is 0.256 e. The van der Waals surface area contributed by atoms with Crippen LogP contribution in [0.4, 0.5) is 11.4 Å². The number of rotatable bonds is 6. The van der Waals surface area contributed by atoms with Crippen LogP contribution in [0.3, 0.4) is 0 Å². The molecule has 1 saturated heterocycles. The van der Waals surface area contributed by atoms with E-state index in [9.17, 15) is 9.59 Å². The Bertz CT molecular complexity index is 883. The van der Waals surface area contributed by atoms with E-state index in [1.54, 1.807) is 41.3 Å². The molecule has 0 radical (unpaired) electrons. The zero-order chi connectivity index (χ0) is 20.1. The first-order valence-corrected chi connectivity index (χ1v) is 9.69. The number of halogens is 2. The van der Waals surface area contributed by atoms with E-state index in [0.29, 0.717) is 32.7 Å². The van der Waals surface area contributed by atoms with Gasteiger partial charge in [-0.3, -0.25) is 9.59 Å². The van der Waals surface area contributed by atoms with E-state index in [1.165, 1.54) is 7.11 Å². The molecule has 2 aromatic carbocycles. The molecule has 1 fully saturated rings. The molecule has 1 heterocycles. The number of amides is 2. The number of hydrogen-bond donors (Lipinski definition) is 2. The van der Waals surface area contributed by atoms with Crippen LogP contribution in [-0.4, -0.2) is 43.5 Å². The standard InChI is InChI=1S/C20H21Cl2N3O3/c1-28-18-7-5-14(11-16(18)22)24-19(26)12-23-17-6-4-13(21)10-15(17)20(27)25-8-2-3-9-25/h4-7,10-11,23H,2-3,8-9,12H2,1H3,(H,24,26). The number of likely N-dealkylation sites (tertiary alicyclic amines) is 1. The molecule has 148 valence electrons. The Morgan fingerprint density at radius 2 is 1.86 bits per heavy atom. The van der Waals surface area contributed by atoms with Crippen molar-refractivity contribution >= 4 is 46.4 Å². The molecule has 0 unspecified atom stereocenters. The Hall–Kier alpha value is -2.44. The number of ether oxygens (including phenoxy) is 1. The number of anilines is 2. The number of carbonyl (C=O) groups excluding carboxylic acids is 2. The maximum absolute atomic E-state index is 12.8. The predicted molar refractivity (Wildman–Crippen MR) is 112 cm³/mol. The van der Waals surface area contributed by atoms with Crippen LogP contribution in [0.2, 0.25) is 10.0 Å². The molecular weight excluding hydrogens is 401 g/mol. The molecule has 8 heteroatoms. The summed E-state index contributed by atoms with van der Waals surface area (Å²) in [4.78, 5) is 26.8. The summed E-state index contributed by atoms with van der Waals surface area (Å²) in [6, 6.07) is 10.0. The lowest BCUT2D eigenvalue weighted by molar-refractivity contribution is -0.114. The molecule has 0 spiro atoms. The summed E-state index contributed by atoms with van der Waals surface area (Å²) in [6.45, 7) is 1.47. The molecule has 0 saturated carbocycles. The van der Waals surface area contributed by atoms with Crippen molar-refractivity contribution in [3.8, 4) is 5.75 Å². The second-order valence-electron chi connectivity index (χ2n) is 6.44. The lowest BCUT2D eigenvalue weighted by atomic mass is 10.1. The van der Waals surface area contributed by atoms with Crippen molar-refractivity contribution in [2.24, 2.45) is 0 Å². The number of nitrogens with one attached hydrogen (secondary N) is 2. The fraction of sp³-hybridized carbons (Fsp3) is 0.300. The van der Waals surface area contributed by atoms with E-state index in [-0.39, 0.29) is 18.4 Å². The first-order valence-electron chi connectivity index (χ1n) is 8.94. The second-order valence-corrected chi connectivity index (χ2v) is 7.28. The molecule has 2 aromatic rings. The van der Waals surface area contributed by atoms with Crippen LogP contribution in [0.5, 0.6) is 5.75 Å². The van der Waals surface area contributed by atoms with Crippen molar-refractivity contribution in [2.75, 3.05) is 37.4 Å². The Morgan fingerprint density at radius 1 is 1.11 bits per heavy atom. The summed E-state index contributed by atoms with van der Waals surface area (Å²) in [6.07, 6.45) is 2.00.